The van der Waals surface area contributed by atoms with Crippen LogP contribution in [0.5, 0.6) is 0 Å². The van der Waals surface area contributed by atoms with Gasteiger partial charge in [0.2, 0.25) is 5.91 Å². The van der Waals surface area contributed by atoms with Gasteiger partial charge in [-0.25, -0.2) is 4.79 Å². The van der Waals surface area contributed by atoms with E-state index in [9.17, 15) is 9.59 Å². The van der Waals surface area contributed by atoms with Crippen LogP contribution in [-0.4, -0.2) is 24.1 Å². The standard InChI is InChI=1S/C27H36N2O3/c1-20(2)17-24(16-15-22-11-7-5-8-12-22)28-26(30)25(18-21(3)4)29-27(31)32-19-23-13-9-6-10-14-23/h5-14,17,21,24-25H,15-16,18-19H2,1-4H3,(H,28,30)(H,29,31). The molecule has 0 bridgehead atoms. The molecule has 0 aromatic heterocycles. The molecule has 2 amide bonds. The minimum atomic E-state index is -0.650. The number of carbonyl (C=O) groups excluding carboxylic acids is 2. The third kappa shape index (κ3) is 9.82. The molecule has 2 atom stereocenters. The lowest BCUT2D eigenvalue weighted by Gasteiger charge is -2.23. The van der Waals surface area contributed by atoms with Gasteiger partial charge in [-0.05, 0) is 50.2 Å². The van der Waals surface area contributed by atoms with E-state index in [-0.39, 0.29) is 24.5 Å². The smallest absolute Gasteiger partial charge is 0.408 e. The molecule has 0 aliphatic rings. The first-order valence-electron chi connectivity index (χ1n) is 11.3. The number of allylic oxidation sites excluding steroid dienone is 1. The van der Waals surface area contributed by atoms with Gasteiger partial charge in [0.15, 0.2) is 0 Å². The van der Waals surface area contributed by atoms with Gasteiger partial charge in [0.1, 0.15) is 12.6 Å². The van der Waals surface area contributed by atoms with Crippen molar-refractivity contribution >= 4 is 12.0 Å². The van der Waals surface area contributed by atoms with Crippen molar-refractivity contribution in [3.8, 4) is 0 Å². The summed E-state index contributed by atoms with van der Waals surface area (Å²) in [6, 6.07) is 18.9. The van der Waals surface area contributed by atoms with Crippen molar-refractivity contribution in [2.45, 2.75) is 65.6 Å². The third-order valence-corrected chi connectivity index (χ3v) is 4.98. The summed E-state index contributed by atoms with van der Waals surface area (Å²) in [6.45, 7) is 8.26. The van der Waals surface area contributed by atoms with Crippen LogP contribution < -0.4 is 10.6 Å². The molecule has 2 aromatic rings. The van der Waals surface area contributed by atoms with E-state index in [4.69, 9.17) is 4.74 Å². The summed E-state index contributed by atoms with van der Waals surface area (Å²) in [6.07, 6.45) is 3.66. The minimum Gasteiger partial charge on any atom is -0.445 e. The highest BCUT2D eigenvalue weighted by Gasteiger charge is 2.24. The lowest BCUT2D eigenvalue weighted by Crippen LogP contribution is -2.50. The van der Waals surface area contributed by atoms with Gasteiger partial charge >= 0.3 is 6.09 Å². The van der Waals surface area contributed by atoms with Crippen molar-refractivity contribution < 1.29 is 14.3 Å². The molecule has 0 heterocycles. The summed E-state index contributed by atoms with van der Waals surface area (Å²) in [5.41, 5.74) is 3.27. The van der Waals surface area contributed by atoms with Crippen LogP contribution in [0.25, 0.3) is 0 Å². The Balaban J connectivity index is 1.98. The Morgan fingerprint density at radius 2 is 1.50 bits per heavy atom. The molecule has 0 spiro atoms. The first kappa shape index (κ1) is 25.2. The van der Waals surface area contributed by atoms with Gasteiger partial charge in [-0.3, -0.25) is 4.79 Å². The number of nitrogens with one attached hydrogen (secondary N) is 2. The van der Waals surface area contributed by atoms with Crippen LogP contribution in [0, 0.1) is 5.92 Å². The molecule has 0 saturated carbocycles. The first-order valence-corrected chi connectivity index (χ1v) is 11.3. The quantitative estimate of drug-likeness (QED) is 0.463. The Labute approximate surface area is 192 Å². The zero-order chi connectivity index (χ0) is 23.3. The van der Waals surface area contributed by atoms with E-state index in [0.717, 1.165) is 24.0 Å². The number of alkyl carbamates (subject to hydrolysis) is 1. The van der Waals surface area contributed by atoms with Crippen LogP contribution in [0.2, 0.25) is 0 Å². The van der Waals surface area contributed by atoms with Crippen molar-refractivity contribution in [1.29, 1.82) is 0 Å². The van der Waals surface area contributed by atoms with E-state index >= 15 is 0 Å². The fraction of sp³-hybridized carbons (Fsp3) is 0.407. The second-order valence-corrected chi connectivity index (χ2v) is 8.77. The van der Waals surface area contributed by atoms with E-state index < -0.39 is 12.1 Å². The molecule has 172 valence electrons. The molecular formula is C27H36N2O3. The van der Waals surface area contributed by atoms with Crippen LogP contribution in [0.1, 0.15) is 51.7 Å². The number of amides is 2. The molecule has 0 aliphatic carbocycles. The molecule has 0 radical (unpaired) electrons. The summed E-state index contributed by atoms with van der Waals surface area (Å²) in [5, 5.41) is 5.87. The summed E-state index contributed by atoms with van der Waals surface area (Å²) in [4.78, 5) is 25.4. The largest absolute Gasteiger partial charge is 0.445 e. The van der Waals surface area contributed by atoms with Crippen LogP contribution >= 0.6 is 0 Å². The number of aryl methyl sites for hydroxylation is 1. The maximum Gasteiger partial charge on any atom is 0.408 e. The second kappa shape index (κ2) is 13.4. The van der Waals surface area contributed by atoms with Crippen molar-refractivity contribution in [3.63, 3.8) is 0 Å². The van der Waals surface area contributed by atoms with Crippen LogP contribution in [-0.2, 0) is 22.6 Å². The first-order chi connectivity index (χ1) is 15.3. The fourth-order valence-electron chi connectivity index (χ4n) is 3.46. The normalized spacial score (nSPS) is 12.5. The van der Waals surface area contributed by atoms with Gasteiger partial charge in [0, 0.05) is 6.04 Å². The number of ether oxygens (including phenoxy) is 1. The molecular weight excluding hydrogens is 400 g/mol. The molecule has 2 aromatic carbocycles. The van der Waals surface area contributed by atoms with Gasteiger partial charge in [-0.15, -0.1) is 0 Å². The van der Waals surface area contributed by atoms with Crippen molar-refractivity contribution in [2.24, 2.45) is 5.92 Å². The summed E-state index contributed by atoms with van der Waals surface area (Å²) in [7, 11) is 0. The fourth-order valence-corrected chi connectivity index (χ4v) is 3.46. The Morgan fingerprint density at radius 3 is 2.06 bits per heavy atom. The summed E-state index contributed by atoms with van der Waals surface area (Å²) < 4.78 is 5.32. The Kier molecular flexibility index (Phi) is 10.5. The zero-order valence-electron chi connectivity index (χ0n) is 19.6. The topological polar surface area (TPSA) is 67.4 Å². The molecule has 0 fully saturated rings. The van der Waals surface area contributed by atoms with Crippen molar-refractivity contribution in [3.05, 3.63) is 83.4 Å². The minimum absolute atomic E-state index is 0.107. The molecule has 2 N–H and O–H groups in total. The maximum atomic E-state index is 13.1. The van der Waals surface area contributed by atoms with Crippen LogP contribution in [0.4, 0.5) is 4.79 Å². The molecule has 5 heteroatoms. The molecule has 5 nitrogen and oxygen atoms in total. The average molecular weight is 437 g/mol. The highest BCUT2D eigenvalue weighted by atomic mass is 16.5. The zero-order valence-corrected chi connectivity index (χ0v) is 19.6. The van der Waals surface area contributed by atoms with Crippen LogP contribution in [0.15, 0.2) is 72.3 Å². The molecule has 32 heavy (non-hydrogen) atoms. The molecule has 2 rings (SSSR count). The van der Waals surface area contributed by atoms with Crippen LogP contribution in [0.3, 0.4) is 0 Å². The average Bonchev–Trinajstić information content (AvgIpc) is 2.76. The monoisotopic (exact) mass is 436 g/mol. The summed E-state index contributed by atoms with van der Waals surface area (Å²) in [5.74, 6) is 0.0531. The highest BCUT2D eigenvalue weighted by molar-refractivity contribution is 5.86. The molecule has 0 aliphatic heterocycles. The SMILES string of the molecule is CC(C)=CC(CCc1ccccc1)NC(=O)C(CC(C)C)NC(=O)OCc1ccccc1. The van der Waals surface area contributed by atoms with E-state index in [2.05, 4.69) is 28.8 Å². The second-order valence-electron chi connectivity index (χ2n) is 8.77. The van der Waals surface area contributed by atoms with Gasteiger partial charge in [-0.1, -0.05) is 86.2 Å². The van der Waals surface area contributed by atoms with E-state index in [1.165, 1.54) is 5.56 Å². The number of carbonyl (C=O) groups is 2. The predicted octanol–water partition coefficient (Wildman–Crippen LogP) is 5.41. The number of hydrogen-bond donors (Lipinski definition) is 2. The van der Waals surface area contributed by atoms with Gasteiger partial charge < -0.3 is 15.4 Å². The Bertz CT molecular complexity index is 859. The lowest BCUT2D eigenvalue weighted by atomic mass is 10.0. The van der Waals surface area contributed by atoms with Crippen molar-refractivity contribution in [1.82, 2.24) is 10.6 Å². The molecule has 2 unspecified atom stereocenters. The number of hydrogen-bond acceptors (Lipinski definition) is 3. The van der Waals surface area contributed by atoms with Gasteiger partial charge in [-0.2, -0.15) is 0 Å². The van der Waals surface area contributed by atoms with Gasteiger partial charge in [0.25, 0.3) is 0 Å². The predicted molar refractivity (Wildman–Crippen MR) is 129 cm³/mol. The van der Waals surface area contributed by atoms with E-state index in [0.29, 0.717) is 6.42 Å². The number of rotatable bonds is 11. The highest BCUT2D eigenvalue weighted by Crippen LogP contribution is 2.11. The number of benzene rings is 2. The Hall–Kier alpha value is -3.08. The van der Waals surface area contributed by atoms with Crippen molar-refractivity contribution in [2.75, 3.05) is 0 Å². The molecule has 0 saturated heterocycles. The van der Waals surface area contributed by atoms with Gasteiger partial charge in [0.05, 0.1) is 0 Å². The third-order valence-electron chi connectivity index (χ3n) is 4.98. The lowest BCUT2D eigenvalue weighted by molar-refractivity contribution is -0.123. The Morgan fingerprint density at radius 1 is 0.906 bits per heavy atom. The summed E-state index contributed by atoms with van der Waals surface area (Å²) >= 11 is 0. The maximum absolute atomic E-state index is 13.1. The van der Waals surface area contributed by atoms with E-state index in [1.54, 1.807) is 0 Å². The van der Waals surface area contributed by atoms with E-state index in [1.807, 2.05) is 76.2 Å².